The number of benzene rings is 1. The second kappa shape index (κ2) is 8.15. The van der Waals surface area contributed by atoms with Crippen LogP contribution in [0.2, 0.25) is 0 Å². The topological polar surface area (TPSA) is 70.6 Å². The summed E-state index contributed by atoms with van der Waals surface area (Å²) in [4.78, 5) is 12.1. The van der Waals surface area contributed by atoms with E-state index in [1.807, 2.05) is 44.2 Å². The molecule has 2 rings (SSSR count). The van der Waals surface area contributed by atoms with Gasteiger partial charge >= 0.3 is 6.03 Å². The van der Waals surface area contributed by atoms with Gasteiger partial charge < -0.3 is 20.5 Å². The molecule has 1 aromatic rings. The molecule has 0 bridgehead atoms. The standard InChI is InChI=1S/C17H26N2O3/c1-12(2)15(11-20)19-17(21)18-14-8-9-22-16(10-14)13-6-4-3-5-7-13/h3-7,12,14-16,20H,8-11H2,1-2H3,(H2,18,19,21)/t14?,15-,16?/m1/s1. The van der Waals surface area contributed by atoms with Gasteiger partial charge in [0.05, 0.1) is 18.8 Å². The van der Waals surface area contributed by atoms with Gasteiger partial charge in [0, 0.05) is 12.6 Å². The average molecular weight is 306 g/mol. The van der Waals surface area contributed by atoms with Gasteiger partial charge in [-0.1, -0.05) is 44.2 Å². The Bertz CT molecular complexity index is 464. The van der Waals surface area contributed by atoms with E-state index in [-0.39, 0.29) is 36.7 Å². The Hall–Kier alpha value is -1.59. The molecule has 1 aliphatic rings. The molecule has 0 spiro atoms. The van der Waals surface area contributed by atoms with Crippen molar-refractivity contribution in [2.24, 2.45) is 5.92 Å². The third-order valence-electron chi connectivity index (χ3n) is 4.11. The van der Waals surface area contributed by atoms with Crippen LogP contribution in [0.1, 0.15) is 38.4 Å². The maximum absolute atomic E-state index is 12.1. The summed E-state index contributed by atoms with van der Waals surface area (Å²) in [6, 6.07) is 9.73. The van der Waals surface area contributed by atoms with E-state index >= 15 is 0 Å². The molecule has 1 saturated heterocycles. The van der Waals surface area contributed by atoms with Gasteiger partial charge in [0.15, 0.2) is 0 Å². The van der Waals surface area contributed by atoms with Crippen LogP contribution in [-0.2, 0) is 4.74 Å². The fourth-order valence-electron chi connectivity index (χ4n) is 2.65. The molecule has 1 heterocycles. The molecule has 5 nitrogen and oxygen atoms in total. The van der Waals surface area contributed by atoms with Crippen molar-refractivity contribution in [3.8, 4) is 0 Å². The number of nitrogens with one attached hydrogen (secondary N) is 2. The number of rotatable bonds is 5. The summed E-state index contributed by atoms with van der Waals surface area (Å²) in [5.74, 6) is 0.197. The Balaban J connectivity index is 1.86. The number of carbonyl (C=O) groups is 1. The number of ether oxygens (including phenoxy) is 1. The molecular formula is C17H26N2O3. The van der Waals surface area contributed by atoms with Crippen LogP contribution in [0.25, 0.3) is 0 Å². The fourth-order valence-corrected chi connectivity index (χ4v) is 2.65. The first kappa shape index (κ1) is 16.8. The van der Waals surface area contributed by atoms with E-state index in [2.05, 4.69) is 10.6 Å². The van der Waals surface area contributed by atoms with Crippen molar-refractivity contribution >= 4 is 6.03 Å². The maximum Gasteiger partial charge on any atom is 0.315 e. The highest BCUT2D eigenvalue weighted by atomic mass is 16.5. The minimum atomic E-state index is -0.218. The lowest BCUT2D eigenvalue weighted by Crippen LogP contribution is -2.50. The predicted molar refractivity (Wildman–Crippen MR) is 85.5 cm³/mol. The Morgan fingerprint density at radius 2 is 2.09 bits per heavy atom. The molecule has 1 aromatic carbocycles. The van der Waals surface area contributed by atoms with Gasteiger partial charge in [0.2, 0.25) is 0 Å². The molecule has 1 fully saturated rings. The van der Waals surface area contributed by atoms with Crippen molar-refractivity contribution in [1.29, 1.82) is 0 Å². The predicted octanol–water partition coefficient (Wildman–Crippen LogP) is 2.22. The number of amides is 2. The van der Waals surface area contributed by atoms with E-state index < -0.39 is 0 Å². The van der Waals surface area contributed by atoms with Crippen molar-refractivity contribution in [1.82, 2.24) is 10.6 Å². The summed E-state index contributed by atoms with van der Waals surface area (Å²) in [5.41, 5.74) is 1.14. The van der Waals surface area contributed by atoms with Gasteiger partial charge in [-0.25, -0.2) is 4.79 Å². The van der Waals surface area contributed by atoms with Gasteiger partial charge in [-0.05, 0) is 24.3 Å². The normalized spacial score (nSPS) is 23.1. The van der Waals surface area contributed by atoms with E-state index in [0.717, 1.165) is 18.4 Å². The molecule has 0 aromatic heterocycles. The molecule has 0 radical (unpaired) electrons. The molecule has 2 unspecified atom stereocenters. The SMILES string of the molecule is CC(C)[C@@H](CO)NC(=O)NC1CCOC(c2ccccc2)C1. The van der Waals surface area contributed by atoms with Gasteiger partial charge in [0.1, 0.15) is 0 Å². The van der Waals surface area contributed by atoms with E-state index in [4.69, 9.17) is 4.74 Å². The molecule has 5 heteroatoms. The van der Waals surface area contributed by atoms with Crippen molar-refractivity contribution in [3.63, 3.8) is 0 Å². The lowest BCUT2D eigenvalue weighted by molar-refractivity contribution is 0.00212. The molecule has 2 amide bonds. The first-order valence-electron chi connectivity index (χ1n) is 7.94. The van der Waals surface area contributed by atoms with Crippen LogP contribution in [0.15, 0.2) is 30.3 Å². The number of urea groups is 1. The van der Waals surface area contributed by atoms with Crippen molar-refractivity contribution in [2.45, 2.75) is 44.9 Å². The summed E-state index contributed by atoms with van der Waals surface area (Å²) in [6.07, 6.45) is 1.60. The first-order chi connectivity index (χ1) is 10.6. The minimum absolute atomic E-state index is 0.0268. The monoisotopic (exact) mass is 306 g/mol. The summed E-state index contributed by atoms with van der Waals surface area (Å²) >= 11 is 0. The third kappa shape index (κ3) is 4.71. The highest BCUT2D eigenvalue weighted by molar-refractivity contribution is 5.74. The summed E-state index contributed by atoms with van der Waals surface area (Å²) in [7, 11) is 0. The average Bonchev–Trinajstić information content (AvgIpc) is 2.53. The highest BCUT2D eigenvalue weighted by Crippen LogP contribution is 2.27. The zero-order valence-corrected chi connectivity index (χ0v) is 13.3. The van der Waals surface area contributed by atoms with Crippen LogP contribution >= 0.6 is 0 Å². The number of hydrogen-bond donors (Lipinski definition) is 3. The fraction of sp³-hybridized carbons (Fsp3) is 0.588. The van der Waals surface area contributed by atoms with Crippen LogP contribution in [0.3, 0.4) is 0 Å². The third-order valence-corrected chi connectivity index (χ3v) is 4.11. The number of carbonyl (C=O) groups excluding carboxylic acids is 1. The van der Waals surface area contributed by atoms with Crippen LogP contribution in [-0.4, -0.2) is 36.4 Å². The second-order valence-electron chi connectivity index (χ2n) is 6.14. The smallest absolute Gasteiger partial charge is 0.315 e. The van der Waals surface area contributed by atoms with Gasteiger partial charge in [-0.2, -0.15) is 0 Å². The number of aliphatic hydroxyl groups is 1. The van der Waals surface area contributed by atoms with Gasteiger partial charge in [0.25, 0.3) is 0 Å². The Labute approximate surface area is 132 Å². The molecule has 0 aliphatic carbocycles. The van der Waals surface area contributed by atoms with Crippen LogP contribution in [0.5, 0.6) is 0 Å². The quantitative estimate of drug-likeness (QED) is 0.781. The summed E-state index contributed by atoms with van der Waals surface area (Å²) < 4.78 is 5.80. The van der Waals surface area contributed by atoms with E-state index in [9.17, 15) is 9.90 Å². The largest absolute Gasteiger partial charge is 0.394 e. The molecule has 122 valence electrons. The van der Waals surface area contributed by atoms with Crippen LogP contribution in [0.4, 0.5) is 4.79 Å². The van der Waals surface area contributed by atoms with E-state index in [1.165, 1.54) is 0 Å². The Kier molecular flexibility index (Phi) is 6.21. The summed E-state index contributed by atoms with van der Waals surface area (Å²) in [5, 5.41) is 15.1. The van der Waals surface area contributed by atoms with Crippen LogP contribution < -0.4 is 10.6 Å². The first-order valence-corrected chi connectivity index (χ1v) is 7.94. The number of hydrogen-bond acceptors (Lipinski definition) is 3. The lowest BCUT2D eigenvalue weighted by atomic mass is 9.97. The van der Waals surface area contributed by atoms with Gasteiger partial charge in [-0.15, -0.1) is 0 Å². The Morgan fingerprint density at radius 1 is 1.36 bits per heavy atom. The zero-order valence-electron chi connectivity index (χ0n) is 13.3. The minimum Gasteiger partial charge on any atom is -0.394 e. The van der Waals surface area contributed by atoms with E-state index in [0.29, 0.717) is 6.61 Å². The zero-order chi connectivity index (χ0) is 15.9. The molecule has 3 atom stereocenters. The molecular weight excluding hydrogens is 280 g/mol. The lowest BCUT2D eigenvalue weighted by Gasteiger charge is -2.31. The molecule has 1 aliphatic heterocycles. The maximum atomic E-state index is 12.1. The highest BCUT2D eigenvalue weighted by Gasteiger charge is 2.25. The van der Waals surface area contributed by atoms with Gasteiger partial charge in [-0.3, -0.25) is 0 Å². The molecule has 0 saturated carbocycles. The van der Waals surface area contributed by atoms with Crippen molar-refractivity contribution < 1.29 is 14.6 Å². The molecule has 22 heavy (non-hydrogen) atoms. The van der Waals surface area contributed by atoms with E-state index in [1.54, 1.807) is 0 Å². The molecule has 3 N–H and O–H groups in total. The summed E-state index contributed by atoms with van der Waals surface area (Å²) in [6.45, 7) is 4.53. The second-order valence-corrected chi connectivity index (χ2v) is 6.14. The van der Waals surface area contributed by atoms with Crippen molar-refractivity contribution in [2.75, 3.05) is 13.2 Å². The Morgan fingerprint density at radius 3 is 2.73 bits per heavy atom. The van der Waals surface area contributed by atoms with Crippen molar-refractivity contribution in [3.05, 3.63) is 35.9 Å². The van der Waals surface area contributed by atoms with Crippen LogP contribution in [0, 0.1) is 5.92 Å². The number of aliphatic hydroxyl groups excluding tert-OH is 1.